The van der Waals surface area contributed by atoms with Gasteiger partial charge in [-0.15, -0.1) is 0 Å². The van der Waals surface area contributed by atoms with Crippen LogP contribution in [0.2, 0.25) is 0 Å². The number of nitrogens with two attached hydrogens (primary N) is 1. The van der Waals surface area contributed by atoms with Crippen LogP contribution >= 0.6 is 0 Å². The quantitative estimate of drug-likeness (QED) is 0.797. The number of benzene rings is 1. The van der Waals surface area contributed by atoms with Gasteiger partial charge in [0, 0.05) is 5.54 Å². The molecule has 0 unspecified atom stereocenters. The highest BCUT2D eigenvalue weighted by Gasteiger charge is 2.20. The topological polar surface area (TPSA) is 90.7 Å². The lowest BCUT2D eigenvalue weighted by atomic mass is 10.0. The van der Waals surface area contributed by atoms with Crippen LogP contribution in [0.15, 0.2) is 18.2 Å². The maximum atomic E-state index is 11.9. The molecule has 0 radical (unpaired) electrons. The highest BCUT2D eigenvalue weighted by molar-refractivity contribution is 5.96. The summed E-state index contributed by atoms with van der Waals surface area (Å²) in [6.07, 6.45) is 0.792. The highest BCUT2D eigenvalue weighted by Crippen LogP contribution is 2.30. The summed E-state index contributed by atoms with van der Waals surface area (Å²) in [6.45, 7) is 5.60. The molecule has 0 spiro atoms. The lowest BCUT2D eigenvalue weighted by Gasteiger charge is -2.24. The van der Waals surface area contributed by atoms with Gasteiger partial charge in [0.05, 0.1) is 12.7 Å². The first-order chi connectivity index (χ1) is 9.80. The molecule has 3 N–H and O–H groups in total. The number of hydrogen-bond donors (Lipinski definition) is 2. The van der Waals surface area contributed by atoms with Gasteiger partial charge in [0.15, 0.2) is 18.1 Å². The van der Waals surface area contributed by atoms with Gasteiger partial charge in [-0.2, -0.15) is 0 Å². The number of carbonyl (C=O) groups is 2. The van der Waals surface area contributed by atoms with Crippen LogP contribution in [-0.4, -0.2) is 31.1 Å². The Kier molecular flexibility index (Phi) is 5.58. The van der Waals surface area contributed by atoms with Gasteiger partial charge in [0.25, 0.3) is 11.8 Å². The molecule has 6 heteroatoms. The molecule has 1 rings (SSSR count). The first kappa shape index (κ1) is 16.8. The average molecular weight is 294 g/mol. The number of para-hydroxylation sites is 1. The van der Waals surface area contributed by atoms with Crippen LogP contribution in [0.4, 0.5) is 0 Å². The van der Waals surface area contributed by atoms with Crippen molar-refractivity contribution in [3.05, 3.63) is 23.8 Å². The maximum Gasteiger partial charge on any atom is 0.258 e. The number of nitrogens with one attached hydrogen (secondary N) is 1. The van der Waals surface area contributed by atoms with Crippen LogP contribution in [0.5, 0.6) is 11.5 Å². The van der Waals surface area contributed by atoms with Crippen LogP contribution in [0.3, 0.4) is 0 Å². The molecule has 0 heterocycles. The lowest BCUT2D eigenvalue weighted by Crippen LogP contribution is -2.45. The van der Waals surface area contributed by atoms with Crippen LogP contribution in [0, 0.1) is 0 Å². The number of methoxy groups -OCH3 is 1. The molecule has 21 heavy (non-hydrogen) atoms. The molecule has 6 nitrogen and oxygen atoms in total. The number of primary amides is 1. The van der Waals surface area contributed by atoms with Crippen molar-refractivity contribution in [2.75, 3.05) is 13.7 Å². The summed E-state index contributed by atoms with van der Waals surface area (Å²) < 4.78 is 10.6. The van der Waals surface area contributed by atoms with Crippen LogP contribution in [0.1, 0.15) is 37.6 Å². The molecule has 0 aliphatic carbocycles. The standard InChI is InChI=1S/C15H22N2O4/c1-5-15(2,3)17-12(18)9-21-13-10(14(16)19)7-6-8-11(13)20-4/h6-8H,5,9H2,1-4H3,(H2,16,19)(H,17,18). The van der Waals surface area contributed by atoms with Crippen molar-refractivity contribution in [2.24, 2.45) is 5.73 Å². The van der Waals surface area contributed by atoms with Gasteiger partial charge in [0.1, 0.15) is 0 Å². The second kappa shape index (κ2) is 6.97. The zero-order chi connectivity index (χ0) is 16.0. The van der Waals surface area contributed by atoms with E-state index >= 15 is 0 Å². The molecule has 0 saturated carbocycles. The van der Waals surface area contributed by atoms with Crippen molar-refractivity contribution < 1.29 is 19.1 Å². The average Bonchev–Trinajstić information content (AvgIpc) is 2.44. The van der Waals surface area contributed by atoms with Crippen molar-refractivity contribution in [2.45, 2.75) is 32.7 Å². The molecule has 0 aliphatic heterocycles. The van der Waals surface area contributed by atoms with E-state index in [2.05, 4.69) is 5.32 Å². The van der Waals surface area contributed by atoms with Crippen LogP contribution < -0.4 is 20.5 Å². The molecule has 1 aromatic rings. The maximum absolute atomic E-state index is 11.9. The van der Waals surface area contributed by atoms with E-state index in [0.29, 0.717) is 5.75 Å². The van der Waals surface area contributed by atoms with Gasteiger partial charge in [-0.1, -0.05) is 13.0 Å². The Hall–Kier alpha value is -2.24. The monoisotopic (exact) mass is 294 g/mol. The molecule has 0 atom stereocenters. The molecule has 0 aliphatic rings. The number of ether oxygens (including phenoxy) is 2. The minimum atomic E-state index is -0.641. The summed E-state index contributed by atoms with van der Waals surface area (Å²) in [5, 5.41) is 2.84. The second-order valence-corrected chi connectivity index (χ2v) is 5.28. The van der Waals surface area contributed by atoms with Gasteiger partial charge in [-0.25, -0.2) is 0 Å². The Bertz CT molecular complexity index is 526. The third-order valence-electron chi connectivity index (χ3n) is 3.17. The Labute approximate surface area is 124 Å². The van der Waals surface area contributed by atoms with E-state index in [9.17, 15) is 9.59 Å². The summed E-state index contributed by atoms with van der Waals surface area (Å²) in [5.74, 6) is -0.382. The zero-order valence-corrected chi connectivity index (χ0v) is 12.9. The molecular weight excluding hydrogens is 272 g/mol. The smallest absolute Gasteiger partial charge is 0.258 e. The molecule has 116 valence electrons. The molecule has 0 saturated heterocycles. The predicted molar refractivity (Wildman–Crippen MR) is 79.5 cm³/mol. The molecule has 1 aromatic carbocycles. The largest absolute Gasteiger partial charge is 0.493 e. The lowest BCUT2D eigenvalue weighted by molar-refractivity contribution is -0.124. The fourth-order valence-electron chi connectivity index (χ4n) is 1.66. The van der Waals surface area contributed by atoms with Crippen molar-refractivity contribution in [1.29, 1.82) is 0 Å². The first-order valence-corrected chi connectivity index (χ1v) is 6.71. The minimum Gasteiger partial charge on any atom is -0.493 e. The van der Waals surface area contributed by atoms with Crippen molar-refractivity contribution in [3.63, 3.8) is 0 Å². The Morgan fingerprint density at radius 3 is 2.52 bits per heavy atom. The minimum absolute atomic E-state index is 0.178. The normalized spacial score (nSPS) is 10.9. The number of rotatable bonds is 7. The van der Waals surface area contributed by atoms with Gasteiger partial charge in [-0.3, -0.25) is 9.59 Å². The van der Waals surface area contributed by atoms with Crippen LogP contribution in [0.25, 0.3) is 0 Å². The molecular formula is C15H22N2O4. The van der Waals surface area contributed by atoms with Crippen molar-refractivity contribution >= 4 is 11.8 Å². The van der Waals surface area contributed by atoms with Gasteiger partial charge < -0.3 is 20.5 Å². The third-order valence-corrected chi connectivity index (χ3v) is 3.17. The third kappa shape index (κ3) is 4.66. The van der Waals surface area contributed by atoms with Gasteiger partial charge in [-0.05, 0) is 32.4 Å². The number of amides is 2. The van der Waals surface area contributed by atoms with E-state index in [1.54, 1.807) is 12.1 Å². The SMILES string of the molecule is CCC(C)(C)NC(=O)COc1c(OC)cccc1C(N)=O. The van der Waals surface area contributed by atoms with E-state index in [1.165, 1.54) is 13.2 Å². The Morgan fingerprint density at radius 2 is 2.00 bits per heavy atom. The van der Waals surface area contributed by atoms with Crippen LogP contribution in [-0.2, 0) is 4.79 Å². The summed E-state index contributed by atoms with van der Waals surface area (Å²) in [4.78, 5) is 23.3. The summed E-state index contributed by atoms with van der Waals surface area (Å²) in [6, 6.07) is 4.79. The number of carbonyl (C=O) groups excluding carboxylic acids is 2. The highest BCUT2D eigenvalue weighted by atomic mass is 16.5. The Balaban J connectivity index is 2.84. The van der Waals surface area contributed by atoms with E-state index in [4.69, 9.17) is 15.2 Å². The van der Waals surface area contributed by atoms with Crippen molar-refractivity contribution in [3.8, 4) is 11.5 Å². The van der Waals surface area contributed by atoms with Crippen molar-refractivity contribution in [1.82, 2.24) is 5.32 Å². The number of hydrogen-bond acceptors (Lipinski definition) is 4. The molecule has 2 amide bonds. The van der Waals surface area contributed by atoms with Gasteiger partial charge in [0.2, 0.25) is 0 Å². The fourth-order valence-corrected chi connectivity index (χ4v) is 1.66. The van der Waals surface area contributed by atoms with E-state index < -0.39 is 5.91 Å². The Morgan fingerprint density at radius 1 is 1.33 bits per heavy atom. The summed E-state index contributed by atoms with van der Waals surface area (Å²) >= 11 is 0. The second-order valence-electron chi connectivity index (χ2n) is 5.28. The first-order valence-electron chi connectivity index (χ1n) is 6.71. The van der Waals surface area contributed by atoms with Gasteiger partial charge >= 0.3 is 0 Å². The zero-order valence-electron chi connectivity index (χ0n) is 12.9. The van der Waals surface area contributed by atoms with E-state index in [0.717, 1.165) is 6.42 Å². The van der Waals surface area contributed by atoms with E-state index in [1.807, 2.05) is 20.8 Å². The summed E-state index contributed by atoms with van der Waals surface area (Å²) in [7, 11) is 1.45. The molecule has 0 bridgehead atoms. The molecule has 0 fully saturated rings. The fraction of sp³-hybridized carbons (Fsp3) is 0.467. The predicted octanol–water partition coefficient (Wildman–Crippen LogP) is 1.48. The van der Waals surface area contributed by atoms with E-state index in [-0.39, 0.29) is 29.4 Å². The summed E-state index contributed by atoms with van der Waals surface area (Å²) in [5.41, 5.74) is 5.16. The molecule has 0 aromatic heterocycles.